The number of nitrogens with zero attached hydrogens (tertiary/aromatic N) is 5. The zero-order valence-electron chi connectivity index (χ0n) is 30.2. The Morgan fingerprint density at radius 1 is 0.571 bits per heavy atom. The maximum absolute atomic E-state index is 10.6. The first-order chi connectivity index (χ1) is 27.0. The lowest BCUT2D eigenvalue weighted by Gasteiger charge is -2.06. The number of nitrogens with two attached hydrogens (primary N) is 1. The van der Waals surface area contributed by atoms with Crippen LogP contribution in [0.1, 0.15) is 40.3 Å². The minimum atomic E-state index is -0.445. The summed E-state index contributed by atoms with van der Waals surface area (Å²) in [5.74, 6) is 1.38. The number of ether oxygens (including phenoxy) is 2. The molecule has 0 spiro atoms. The van der Waals surface area contributed by atoms with Gasteiger partial charge >= 0.3 is 0 Å². The molecule has 6 aromatic rings. The Hall–Kier alpha value is -8.21. The fourth-order valence-corrected chi connectivity index (χ4v) is 4.55. The van der Waals surface area contributed by atoms with Gasteiger partial charge in [0.15, 0.2) is 0 Å². The molecule has 0 aliphatic rings. The molecule has 0 bridgehead atoms. The lowest BCUT2D eigenvalue weighted by molar-refractivity contribution is -0.385. The Balaban J connectivity index is 0.000000209. The highest BCUT2D eigenvalue weighted by Gasteiger charge is 2.06. The number of benzene rings is 6. The molecular weight excluding hydrogens is 713 g/mol. The Morgan fingerprint density at radius 2 is 0.982 bits per heavy atom. The van der Waals surface area contributed by atoms with Crippen LogP contribution in [-0.2, 0) is 19.6 Å². The topological polar surface area (TPSA) is 222 Å². The molecular formula is C43H36N6O7. The first kappa shape index (κ1) is 42.2. The quantitative estimate of drug-likeness (QED) is 0.0805. The number of phenols is 1. The van der Waals surface area contributed by atoms with Gasteiger partial charge in [0.1, 0.15) is 30.5 Å². The molecule has 0 atom stereocenters. The minimum absolute atomic E-state index is 0.0341. The number of nitro groups is 2. The fraction of sp³-hybridized carbons (Fsp3) is 0.0930. The second-order valence-electron chi connectivity index (χ2n) is 11.5. The molecule has 0 heterocycles. The van der Waals surface area contributed by atoms with E-state index < -0.39 is 4.92 Å². The van der Waals surface area contributed by atoms with Gasteiger partial charge < -0.3 is 20.3 Å². The summed E-state index contributed by atoms with van der Waals surface area (Å²) < 4.78 is 11.1. The van der Waals surface area contributed by atoms with Crippen LogP contribution in [0.15, 0.2) is 146 Å². The maximum atomic E-state index is 10.6. The van der Waals surface area contributed by atoms with E-state index >= 15 is 0 Å². The van der Waals surface area contributed by atoms with Crippen molar-refractivity contribution in [1.29, 1.82) is 15.8 Å². The van der Waals surface area contributed by atoms with Gasteiger partial charge in [0, 0.05) is 30.0 Å². The monoisotopic (exact) mass is 748 g/mol. The van der Waals surface area contributed by atoms with Crippen molar-refractivity contribution in [2.75, 3.05) is 5.73 Å². The van der Waals surface area contributed by atoms with Crippen LogP contribution in [0.4, 0.5) is 17.1 Å². The number of hydrogen-bond donors (Lipinski definition) is 2. The molecule has 0 saturated carbocycles. The van der Waals surface area contributed by atoms with Crippen LogP contribution < -0.4 is 15.2 Å². The molecule has 0 amide bonds. The molecule has 13 heteroatoms. The predicted octanol–water partition coefficient (Wildman–Crippen LogP) is 9.19. The van der Waals surface area contributed by atoms with Crippen LogP contribution in [0.25, 0.3) is 0 Å². The van der Waals surface area contributed by atoms with Crippen molar-refractivity contribution in [3.63, 3.8) is 0 Å². The number of phenolic OH excluding ortho intramolecular Hbond substituents is 1. The molecule has 0 unspecified atom stereocenters. The highest BCUT2D eigenvalue weighted by molar-refractivity contribution is 5.42. The van der Waals surface area contributed by atoms with E-state index in [9.17, 15) is 20.2 Å². The number of non-ortho nitro benzene ring substituents is 2. The molecule has 0 fully saturated rings. The number of nitriles is 3. The minimum Gasteiger partial charge on any atom is -0.508 e. The molecule has 0 aliphatic carbocycles. The van der Waals surface area contributed by atoms with Gasteiger partial charge in [0.2, 0.25) is 0 Å². The summed E-state index contributed by atoms with van der Waals surface area (Å²) in [6.45, 7) is 2.63. The third-order valence-electron chi connectivity index (χ3n) is 7.31. The number of aryl methyl sites for hydroxylation is 1. The van der Waals surface area contributed by atoms with Gasteiger partial charge in [-0.05, 0) is 89.8 Å². The Labute approximate surface area is 323 Å². The zero-order chi connectivity index (χ0) is 40.7. The summed E-state index contributed by atoms with van der Waals surface area (Å²) in [5.41, 5.74) is 10.9. The Morgan fingerprint density at radius 3 is 1.41 bits per heavy atom. The third kappa shape index (κ3) is 15.2. The normalized spacial score (nSPS) is 9.39. The van der Waals surface area contributed by atoms with Gasteiger partial charge in [0.05, 0.1) is 44.7 Å². The molecule has 13 nitrogen and oxygen atoms in total. The summed E-state index contributed by atoms with van der Waals surface area (Å²) in [4.78, 5) is 20.1. The summed E-state index contributed by atoms with van der Waals surface area (Å²) >= 11 is 0. The van der Waals surface area contributed by atoms with Gasteiger partial charge in [-0.15, -0.1) is 0 Å². The molecule has 0 saturated heterocycles. The molecule has 0 radical (unpaired) electrons. The van der Waals surface area contributed by atoms with Crippen LogP contribution in [0.5, 0.6) is 17.2 Å². The van der Waals surface area contributed by atoms with E-state index in [1.165, 1.54) is 30.3 Å². The van der Waals surface area contributed by atoms with E-state index in [2.05, 4.69) is 6.07 Å². The summed E-state index contributed by atoms with van der Waals surface area (Å²) in [6, 6.07) is 46.5. The van der Waals surface area contributed by atoms with Crippen LogP contribution in [-0.4, -0.2) is 15.0 Å². The van der Waals surface area contributed by atoms with E-state index in [0.717, 1.165) is 23.2 Å². The molecule has 6 rings (SSSR count). The van der Waals surface area contributed by atoms with E-state index in [1.807, 2.05) is 55.5 Å². The Bertz CT molecular complexity index is 2360. The Kier molecular flexibility index (Phi) is 17.1. The van der Waals surface area contributed by atoms with Crippen LogP contribution >= 0.6 is 0 Å². The van der Waals surface area contributed by atoms with Crippen molar-refractivity contribution in [1.82, 2.24) is 0 Å². The molecule has 0 aliphatic heterocycles. The highest BCUT2D eigenvalue weighted by Crippen LogP contribution is 2.18. The van der Waals surface area contributed by atoms with E-state index in [4.69, 9.17) is 36.1 Å². The van der Waals surface area contributed by atoms with Gasteiger partial charge in [-0.3, -0.25) is 20.2 Å². The predicted molar refractivity (Wildman–Crippen MR) is 210 cm³/mol. The van der Waals surface area contributed by atoms with Gasteiger partial charge in [-0.25, -0.2) is 0 Å². The average Bonchev–Trinajstić information content (AvgIpc) is 3.23. The van der Waals surface area contributed by atoms with Gasteiger partial charge in [0.25, 0.3) is 11.4 Å². The number of hydrogen-bond acceptors (Lipinski definition) is 11. The van der Waals surface area contributed by atoms with Crippen LogP contribution in [0.3, 0.4) is 0 Å². The van der Waals surface area contributed by atoms with Crippen molar-refractivity contribution in [2.45, 2.75) is 26.6 Å². The lowest BCUT2D eigenvalue weighted by atomic mass is 10.1. The van der Waals surface area contributed by atoms with Crippen molar-refractivity contribution < 1.29 is 24.4 Å². The van der Waals surface area contributed by atoms with E-state index in [0.29, 0.717) is 40.4 Å². The highest BCUT2D eigenvalue weighted by atomic mass is 16.6. The summed E-state index contributed by atoms with van der Waals surface area (Å²) in [7, 11) is 0. The molecule has 56 heavy (non-hydrogen) atoms. The summed E-state index contributed by atoms with van der Waals surface area (Å²) in [6.07, 6.45) is 0.835. The standard InChI is InChI=1S/C14H10N2O3.C14H12N2O.C8H9NO2.C7H5NO/c15-9-11-3-2-6-14(8-11)19-10-12-4-1-5-13(7-12)16(17)18;15-9-11-3-2-6-14(8-11)17-10-12-4-1-5-13(16)7-12;1-2-7-4-3-5-8(6-7)9(10)11;8-5-6-2-1-3-7(9)4-6/h1-8H,10H2;1-8H,10,16H2;3-6H,2H2,1H3;1-4,9H. The maximum Gasteiger partial charge on any atom is 0.269 e. The number of rotatable bonds is 9. The first-order valence-corrected chi connectivity index (χ1v) is 16.8. The zero-order valence-corrected chi connectivity index (χ0v) is 30.2. The smallest absolute Gasteiger partial charge is 0.269 e. The third-order valence-corrected chi connectivity index (χ3v) is 7.31. The summed E-state index contributed by atoms with van der Waals surface area (Å²) in [5, 5.41) is 55.5. The molecule has 3 N–H and O–H groups in total. The lowest BCUT2D eigenvalue weighted by Crippen LogP contribution is -1.97. The fourth-order valence-electron chi connectivity index (χ4n) is 4.55. The molecule has 280 valence electrons. The van der Waals surface area contributed by atoms with Crippen LogP contribution in [0, 0.1) is 54.2 Å². The van der Waals surface area contributed by atoms with Crippen molar-refractivity contribution in [3.05, 3.63) is 199 Å². The van der Waals surface area contributed by atoms with Crippen LogP contribution in [0.2, 0.25) is 0 Å². The van der Waals surface area contributed by atoms with Gasteiger partial charge in [-0.2, -0.15) is 15.8 Å². The van der Waals surface area contributed by atoms with Crippen molar-refractivity contribution in [2.24, 2.45) is 0 Å². The van der Waals surface area contributed by atoms with Crippen molar-refractivity contribution >= 4 is 17.1 Å². The van der Waals surface area contributed by atoms with E-state index in [1.54, 1.807) is 78.9 Å². The molecule has 0 aromatic heterocycles. The largest absolute Gasteiger partial charge is 0.508 e. The van der Waals surface area contributed by atoms with E-state index in [-0.39, 0.29) is 28.7 Å². The number of nitrogen functional groups attached to an aromatic ring is 1. The second kappa shape index (κ2) is 22.7. The second-order valence-corrected chi connectivity index (χ2v) is 11.5. The number of nitro benzene ring substituents is 2. The number of aromatic hydroxyl groups is 1. The SMILES string of the molecule is CCc1cccc([N+](=O)[O-])c1.N#Cc1cccc(O)c1.N#Cc1cccc(OCc2cccc(N)c2)c1.N#Cc1cccc(OCc2cccc([N+](=O)[O-])c2)c1. The first-order valence-electron chi connectivity index (χ1n) is 16.8. The van der Waals surface area contributed by atoms with Crippen molar-refractivity contribution in [3.8, 4) is 35.5 Å². The van der Waals surface area contributed by atoms with Gasteiger partial charge in [-0.1, -0.05) is 61.5 Å². The average molecular weight is 749 g/mol. The molecule has 6 aromatic carbocycles. The number of anilines is 1.